The van der Waals surface area contributed by atoms with E-state index in [4.69, 9.17) is 10.7 Å². The molecule has 4 N–H and O–H groups in total. The van der Waals surface area contributed by atoms with E-state index in [1.54, 1.807) is 12.1 Å². The number of hydrogen-bond acceptors (Lipinski definition) is 9. The van der Waals surface area contributed by atoms with Gasteiger partial charge in [0.15, 0.2) is 0 Å². The molecule has 188 valence electrons. The minimum Gasteiger partial charge on any atom is -0.382 e. The molecule has 4 aromatic rings. The Hall–Kier alpha value is -3.41. The van der Waals surface area contributed by atoms with E-state index in [-0.39, 0.29) is 0 Å². The summed E-state index contributed by atoms with van der Waals surface area (Å²) in [5.74, 6) is 0.814. The van der Waals surface area contributed by atoms with E-state index in [9.17, 15) is 8.42 Å². The molecule has 5 rings (SSSR count). The first kappa shape index (κ1) is 24.3. The van der Waals surface area contributed by atoms with Gasteiger partial charge in [-0.25, -0.2) is 13.4 Å². The fourth-order valence-corrected chi connectivity index (χ4v) is 5.87. The molecule has 1 saturated heterocycles. The normalized spacial score (nSPS) is 14.8. The molecule has 1 aliphatic rings. The largest absolute Gasteiger partial charge is 0.382 e. The number of nitrogens with two attached hydrogens (primary N) is 1. The average molecular weight is 524 g/mol. The van der Waals surface area contributed by atoms with Crippen LogP contribution >= 0.6 is 11.3 Å². The van der Waals surface area contributed by atoms with E-state index < -0.39 is 10.0 Å². The van der Waals surface area contributed by atoms with Crippen molar-refractivity contribution in [3.63, 3.8) is 0 Å². The second-order valence-electron chi connectivity index (χ2n) is 8.81. The first-order valence-electron chi connectivity index (χ1n) is 11.8. The highest BCUT2D eigenvalue weighted by Crippen LogP contribution is 2.37. The molecule has 3 heterocycles. The number of thiophene rings is 1. The Morgan fingerprint density at radius 3 is 2.53 bits per heavy atom. The molecule has 0 unspecified atom stereocenters. The van der Waals surface area contributed by atoms with E-state index in [0.29, 0.717) is 17.5 Å². The summed E-state index contributed by atoms with van der Waals surface area (Å²) in [4.78, 5) is 14.1. The van der Waals surface area contributed by atoms with Crippen molar-refractivity contribution >= 4 is 60.4 Å². The van der Waals surface area contributed by atoms with Crippen LogP contribution in [-0.2, 0) is 10.0 Å². The highest BCUT2D eigenvalue weighted by molar-refractivity contribution is 7.92. The highest BCUT2D eigenvalue weighted by atomic mass is 32.2. The van der Waals surface area contributed by atoms with E-state index in [2.05, 4.69) is 43.9 Å². The molecule has 0 aliphatic carbocycles. The summed E-state index contributed by atoms with van der Waals surface area (Å²) in [7, 11) is -3.38. The number of benzene rings is 2. The van der Waals surface area contributed by atoms with Crippen molar-refractivity contribution in [1.82, 2.24) is 14.9 Å². The Labute approximate surface area is 215 Å². The van der Waals surface area contributed by atoms with Gasteiger partial charge in [-0.3, -0.25) is 4.72 Å². The SMILES string of the molecule is CCN1CCN(c2cccc(Nc3nc(N)c4scc(-c5cccc(NS(C)(=O)=O)c5)c4n3)c2)CC1. The van der Waals surface area contributed by atoms with Crippen molar-refractivity contribution in [2.24, 2.45) is 0 Å². The molecule has 0 radical (unpaired) electrons. The summed E-state index contributed by atoms with van der Waals surface area (Å²) in [5, 5.41) is 5.29. The van der Waals surface area contributed by atoms with Gasteiger partial charge < -0.3 is 20.9 Å². The molecule has 9 nitrogen and oxygen atoms in total. The summed E-state index contributed by atoms with van der Waals surface area (Å²) in [6, 6.07) is 15.5. The van der Waals surface area contributed by atoms with Gasteiger partial charge in [0, 0.05) is 54.2 Å². The lowest BCUT2D eigenvalue weighted by Gasteiger charge is -2.35. The van der Waals surface area contributed by atoms with Crippen LogP contribution in [0.15, 0.2) is 53.9 Å². The van der Waals surface area contributed by atoms with Gasteiger partial charge >= 0.3 is 0 Å². The Morgan fingerprint density at radius 1 is 1.03 bits per heavy atom. The molecule has 0 amide bonds. The van der Waals surface area contributed by atoms with E-state index in [0.717, 1.165) is 71.7 Å². The van der Waals surface area contributed by atoms with Crippen molar-refractivity contribution in [3.05, 3.63) is 53.9 Å². The van der Waals surface area contributed by atoms with Crippen LogP contribution in [0, 0.1) is 0 Å². The topological polar surface area (TPSA) is 116 Å². The number of anilines is 5. The molecule has 0 bridgehead atoms. The number of rotatable bonds is 7. The number of nitrogens with zero attached hydrogens (tertiary/aromatic N) is 4. The molecule has 0 spiro atoms. The standard InChI is InChI=1S/C25H29N7O2S2/c1-3-31-10-12-32(13-11-31)20-9-5-7-18(15-20)27-25-28-22-21(16-35-23(22)24(26)29-25)17-6-4-8-19(14-17)30-36(2,33)34/h4-9,14-16,30H,3,10-13H2,1-2H3,(H3,26,27,28,29). The lowest BCUT2D eigenvalue weighted by atomic mass is 10.1. The molecule has 0 saturated carbocycles. The molecule has 1 fully saturated rings. The van der Waals surface area contributed by atoms with Gasteiger partial charge in [0.05, 0.1) is 16.5 Å². The predicted molar refractivity (Wildman–Crippen MR) is 150 cm³/mol. The second kappa shape index (κ2) is 9.92. The number of sulfonamides is 1. The zero-order chi connectivity index (χ0) is 25.3. The van der Waals surface area contributed by atoms with Crippen molar-refractivity contribution in [1.29, 1.82) is 0 Å². The van der Waals surface area contributed by atoms with Crippen molar-refractivity contribution in [2.75, 3.05) is 59.7 Å². The summed E-state index contributed by atoms with van der Waals surface area (Å²) >= 11 is 1.47. The third-order valence-corrected chi connectivity index (χ3v) is 7.80. The summed E-state index contributed by atoms with van der Waals surface area (Å²) in [6.07, 6.45) is 1.13. The molecule has 36 heavy (non-hydrogen) atoms. The second-order valence-corrected chi connectivity index (χ2v) is 11.4. The maximum atomic E-state index is 11.7. The van der Waals surface area contributed by atoms with Gasteiger partial charge in [-0.15, -0.1) is 11.3 Å². The summed E-state index contributed by atoms with van der Waals surface area (Å²) in [6.45, 7) is 7.40. The van der Waals surface area contributed by atoms with Crippen LogP contribution in [0.5, 0.6) is 0 Å². The smallest absolute Gasteiger partial charge is 0.229 e. The molecule has 2 aromatic carbocycles. The number of nitrogen functional groups attached to an aromatic ring is 1. The maximum Gasteiger partial charge on any atom is 0.229 e. The number of aromatic nitrogens is 2. The van der Waals surface area contributed by atoms with E-state index in [1.165, 1.54) is 11.3 Å². The van der Waals surface area contributed by atoms with Crippen LogP contribution in [0.25, 0.3) is 21.3 Å². The summed E-state index contributed by atoms with van der Waals surface area (Å²) < 4.78 is 26.7. The number of likely N-dealkylation sites (N-methyl/N-ethyl adjacent to an activating group) is 1. The van der Waals surface area contributed by atoms with E-state index >= 15 is 0 Å². The molecule has 1 aliphatic heterocycles. The van der Waals surface area contributed by atoms with Crippen LogP contribution in [0.4, 0.5) is 28.8 Å². The van der Waals surface area contributed by atoms with Gasteiger partial charge in [0.2, 0.25) is 16.0 Å². The Kier molecular flexibility index (Phi) is 6.69. The van der Waals surface area contributed by atoms with Crippen molar-refractivity contribution < 1.29 is 8.42 Å². The van der Waals surface area contributed by atoms with Gasteiger partial charge in [0.1, 0.15) is 5.82 Å². The third kappa shape index (κ3) is 5.38. The number of piperazine rings is 1. The quantitative estimate of drug-likeness (QED) is 0.330. The third-order valence-electron chi connectivity index (χ3n) is 6.21. The minimum atomic E-state index is -3.38. The lowest BCUT2D eigenvalue weighted by molar-refractivity contribution is 0.271. The number of nitrogens with one attached hydrogen (secondary N) is 2. The molecule has 2 aromatic heterocycles. The van der Waals surface area contributed by atoms with Crippen LogP contribution in [0.1, 0.15) is 6.92 Å². The average Bonchev–Trinajstić information content (AvgIpc) is 3.28. The Bertz CT molecular complexity index is 1500. The molecule has 0 atom stereocenters. The monoisotopic (exact) mass is 523 g/mol. The van der Waals surface area contributed by atoms with Crippen LogP contribution < -0.4 is 20.7 Å². The first-order valence-corrected chi connectivity index (χ1v) is 14.5. The van der Waals surface area contributed by atoms with Crippen LogP contribution in [0.2, 0.25) is 0 Å². The zero-order valence-corrected chi connectivity index (χ0v) is 21.9. The molecular weight excluding hydrogens is 494 g/mol. The minimum absolute atomic E-state index is 0.399. The zero-order valence-electron chi connectivity index (χ0n) is 20.2. The first-order chi connectivity index (χ1) is 17.3. The van der Waals surface area contributed by atoms with Gasteiger partial charge in [-0.2, -0.15) is 4.98 Å². The van der Waals surface area contributed by atoms with Crippen molar-refractivity contribution in [2.45, 2.75) is 6.92 Å². The van der Waals surface area contributed by atoms with Crippen molar-refractivity contribution in [3.8, 4) is 11.1 Å². The Morgan fingerprint density at radius 2 is 1.78 bits per heavy atom. The maximum absolute atomic E-state index is 11.7. The fourth-order valence-electron chi connectivity index (χ4n) is 4.40. The van der Waals surface area contributed by atoms with Crippen LogP contribution in [-0.4, -0.2) is 62.3 Å². The summed E-state index contributed by atoms with van der Waals surface area (Å²) in [5.41, 5.74) is 11.3. The van der Waals surface area contributed by atoms with Crippen LogP contribution in [0.3, 0.4) is 0 Å². The number of hydrogen-bond donors (Lipinski definition) is 3. The van der Waals surface area contributed by atoms with Gasteiger partial charge in [-0.1, -0.05) is 25.1 Å². The van der Waals surface area contributed by atoms with Gasteiger partial charge in [-0.05, 0) is 42.4 Å². The lowest BCUT2D eigenvalue weighted by Crippen LogP contribution is -2.46. The Balaban J connectivity index is 1.42. The molecular formula is C25H29N7O2S2. The number of fused-ring (bicyclic) bond motifs is 1. The highest BCUT2D eigenvalue weighted by Gasteiger charge is 2.17. The molecule has 11 heteroatoms. The van der Waals surface area contributed by atoms with Gasteiger partial charge in [0.25, 0.3) is 0 Å². The fraction of sp³-hybridized carbons (Fsp3) is 0.280. The van der Waals surface area contributed by atoms with E-state index in [1.807, 2.05) is 29.6 Å². The predicted octanol–water partition coefficient (Wildman–Crippen LogP) is 4.20.